The number of hydrogen-bond donors (Lipinski definition) is 0. The Balaban J connectivity index is 1.64. The minimum atomic E-state index is -3.55. The Morgan fingerprint density at radius 2 is 1.53 bits per heavy atom. The largest absolute Gasteiger partial charge is 0.378 e. The summed E-state index contributed by atoms with van der Waals surface area (Å²) in [6.45, 7) is 5.63. The summed E-state index contributed by atoms with van der Waals surface area (Å²) in [6.07, 6.45) is 1.01. The van der Waals surface area contributed by atoms with Gasteiger partial charge in [-0.2, -0.15) is 4.31 Å². The average Bonchev–Trinajstić information content (AvgIpc) is 2.78. The van der Waals surface area contributed by atoms with E-state index >= 15 is 0 Å². The second-order valence-corrected chi connectivity index (χ2v) is 9.95. The average molecular weight is 430 g/mol. The number of carbonyl (C=O) groups excluding carboxylic acids is 1. The number of hydrogen-bond acceptors (Lipinski definition) is 4. The lowest BCUT2D eigenvalue weighted by Crippen LogP contribution is -2.50. The van der Waals surface area contributed by atoms with Gasteiger partial charge in [0.2, 0.25) is 10.0 Å². The highest BCUT2D eigenvalue weighted by Gasteiger charge is 2.30. The summed E-state index contributed by atoms with van der Waals surface area (Å²) >= 11 is 0. The molecule has 6 nitrogen and oxygen atoms in total. The molecule has 1 atom stereocenters. The van der Waals surface area contributed by atoms with Crippen molar-refractivity contribution in [3.05, 3.63) is 59.7 Å². The van der Waals surface area contributed by atoms with E-state index in [1.165, 1.54) is 4.31 Å². The summed E-state index contributed by atoms with van der Waals surface area (Å²) in [4.78, 5) is 16.8. The van der Waals surface area contributed by atoms with Crippen LogP contribution in [-0.4, -0.2) is 63.8 Å². The van der Waals surface area contributed by atoms with Crippen LogP contribution in [0.4, 0.5) is 5.69 Å². The molecule has 0 saturated carbocycles. The lowest BCUT2D eigenvalue weighted by Gasteiger charge is -2.34. The molecule has 1 aliphatic heterocycles. The van der Waals surface area contributed by atoms with Crippen LogP contribution in [0.15, 0.2) is 53.4 Å². The highest BCUT2D eigenvalue weighted by molar-refractivity contribution is 7.89. The number of rotatable bonds is 6. The molecular formula is C23H31N3O3S. The van der Waals surface area contributed by atoms with Gasteiger partial charge in [-0.3, -0.25) is 4.79 Å². The van der Waals surface area contributed by atoms with Gasteiger partial charge in [-0.15, -0.1) is 0 Å². The number of carbonyl (C=O) groups is 1. The molecule has 1 unspecified atom stereocenters. The first-order valence-electron chi connectivity index (χ1n) is 10.4. The molecule has 2 aromatic carbocycles. The molecule has 3 rings (SSSR count). The van der Waals surface area contributed by atoms with E-state index in [4.69, 9.17) is 0 Å². The summed E-state index contributed by atoms with van der Waals surface area (Å²) in [5, 5.41) is 0. The van der Waals surface area contributed by atoms with Crippen molar-refractivity contribution >= 4 is 21.6 Å². The minimum Gasteiger partial charge on any atom is -0.378 e. The fraction of sp³-hybridized carbons (Fsp3) is 0.435. The minimum absolute atomic E-state index is 0.0599. The van der Waals surface area contributed by atoms with Crippen molar-refractivity contribution in [3.63, 3.8) is 0 Å². The Labute approximate surface area is 180 Å². The predicted octanol–water partition coefficient (Wildman–Crippen LogP) is 3.41. The van der Waals surface area contributed by atoms with Gasteiger partial charge in [-0.05, 0) is 54.3 Å². The highest BCUT2D eigenvalue weighted by Crippen LogP contribution is 2.23. The number of amides is 1. The third-order valence-electron chi connectivity index (χ3n) is 5.86. The fourth-order valence-corrected chi connectivity index (χ4v) is 4.99. The van der Waals surface area contributed by atoms with Crippen LogP contribution in [0, 0.1) is 0 Å². The lowest BCUT2D eigenvalue weighted by molar-refractivity contribution is 0.0698. The second-order valence-electron chi connectivity index (χ2n) is 8.02. The molecule has 0 spiro atoms. The Morgan fingerprint density at radius 3 is 2.03 bits per heavy atom. The second kappa shape index (κ2) is 9.18. The SMILES string of the molecule is CCC(C)c1ccc(S(=O)(=O)N2CCN(C(=O)c3ccc(N(C)C)cc3)CC2)cc1. The van der Waals surface area contributed by atoms with Crippen molar-refractivity contribution in [3.8, 4) is 0 Å². The summed E-state index contributed by atoms with van der Waals surface area (Å²) in [5.41, 5.74) is 2.80. The molecule has 0 aliphatic carbocycles. The third-order valence-corrected chi connectivity index (χ3v) is 7.77. The van der Waals surface area contributed by atoms with Crippen molar-refractivity contribution in [2.45, 2.75) is 31.1 Å². The van der Waals surface area contributed by atoms with Gasteiger partial charge in [0.1, 0.15) is 0 Å². The Bertz CT molecular complexity index is 962. The van der Waals surface area contributed by atoms with Crippen molar-refractivity contribution in [2.75, 3.05) is 45.2 Å². The van der Waals surface area contributed by atoms with E-state index in [9.17, 15) is 13.2 Å². The number of sulfonamides is 1. The normalized spacial score (nSPS) is 16.3. The first-order valence-corrected chi connectivity index (χ1v) is 11.8. The number of piperazine rings is 1. The van der Waals surface area contributed by atoms with Crippen LogP contribution in [-0.2, 0) is 10.0 Å². The number of benzene rings is 2. The van der Waals surface area contributed by atoms with Gasteiger partial charge >= 0.3 is 0 Å². The molecule has 30 heavy (non-hydrogen) atoms. The van der Waals surface area contributed by atoms with Crippen LogP contribution in [0.25, 0.3) is 0 Å². The monoisotopic (exact) mass is 429 g/mol. The number of nitrogens with zero attached hydrogens (tertiary/aromatic N) is 3. The van der Waals surface area contributed by atoms with Crippen molar-refractivity contribution < 1.29 is 13.2 Å². The third kappa shape index (κ3) is 4.68. The summed E-state index contributed by atoms with van der Waals surface area (Å²) in [5.74, 6) is 0.346. The van der Waals surface area contributed by atoms with E-state index < -0.39 is 10.0 Å². The Kier molecular flexibility index (Phi) is 6.83. The first kappa shape index (κ1) is 22.3. The lowest BCUT2D eigenvalue weighted by atomic mass is 9.99. The van der Waals surface area contributed by atoms with Crippen molar-refractivity contribution in [2.24, 2.45) is 0 Å². The molecule has 0 bridgehead atoms. The molecule has 1 fully saturated rings. The van der Waals surface area contributed by atoms with Crippen LogP contribution in [0.5, 0.6) is 0 Å². The maximum absolute atomic E-state index is 13.0. The van der Waals surface area contributed by atoms with E-state index in [2.05, 4.69) is 13.8 Å². The molecule has 2 aromatic rings. The van der Waals surface area contributed by atoms with Crippen LogP contribution in [0.3, 0.4) is 0 Å². The van der Waals surface area contributed by atoms with Gasteiger partial charge in [0.05, 0.1) is 4.90 Å². The van der Waals surface area contributed by atoms with E-state index in [0.717, 1.165) is 17.7 Å². The predicted molar refractivity (Wildman–Crippen MR) is 121 cm³/mol. The van der Waals surface area contributed by atoms with Gasteiger partial charge < -0.3 is 9.80 Å². The van der Waals surface area contributed by atoms with E-state index in [-0.39, 0.29) is 5.91 Å². The van der Waals surface area contributed by atoms with Crippen LogP contribution < -0.4 is 4.90 Å². The summed E-state index contributed by atoms with van der Waals surface area (Å²) in [6, 6.07) is 14.7. The topological polar surface area (TPSA) is 60.9 Å². The fourth-order valence-electron chi connectivity index (χ4n) is 3.57. The molecule has 1 saturated heterocycles. The Morgan fingerprint density at radius 1 is 0.967 bits per heavy atom. The van der Waals surface area contributed by atoms with E-state index in [1.807, 2.05) is 55.4 Å². The molecule has 7 heteroatoms. The highest BCUT2D eigenvalue weighted by atomic mass is 32.2. The molecule has 162 valence electrons. The smallest absolute Gasteiger partial charge is 0.253 e. The molecular weight excluding hydrogens is 398 g/mol. The summed E-state index contributed by atoms with van der Waals surface area (Å²) in [7, 11) is 0.355. The molecule has 1 heterocycles. The van der Waals surface area contributed by atoms with Crippen LogP contribution >= 0.6 is 0 Å². The first-order chi connectivity index (χ1) is 14.2. The molecule has 1 aliphatic rings. The molecule has 1 amide bonds. The standard InChI is InChI=1S/C23H31N3O3S/c1-5-18(2)19-8-12-22(13-9-19)30(28,29)26-16-14-25(15-17-26)23(27)20-6-10-21(11-7-20)24(3)4/h6-13,18H,5,14-17H2,1-4H3. The maximum Gasteiger partial charge on any atom is 0.253 e. The Hall–Kier alpha value is -2.38. The van der Waals surface area contributed by atoms with Gasteiger partial charge in [-0.25, -0.2) is 8.42 Å². The van der Waals surface area contributed by atoms with Gasteiger partial charge in [-0.1, -0.05) is 26.0 Å². The maximum atomic E-state index is 13.0. The van der Waals surface area contributed by atoms with E-state index in [1.54, 1.807) is 17.0 Å². The number of anilines is 1. The molecule has 0 aromatic heterocycles. The molecule has 0 N–H and O–H groups in total. The van der Waals surface area contributed by atoms with Crippen LogP contribution in [0.1, 0.15) is 42.1 Å². The quantitative estimate of drug-likeness (QED) is 0.706. The van der Waals surface area contributed by atoms with Gasteiger partial charge in [0.25, 0.3) is 5.91 Å². The van der Waals surface area contributed by atoms with Crippen LogP contribution in [0.2, 0.25) is 0 Å². The zero-order chi connectivity index (χ0) is 21.9. The zero-order valence-electron chi connectivity index (χ0n) is 18.2. The summed E-state index contributed by atoms with van der Waals surface area (Å²) < 4.78 is 27.5. The van der Waals surface area contributed by atoms with Gasteiger partial charge in [0.15, 0.2) is 0 Å². The van der Waals surface area contributed by atoms with E-state index in [0.29, 0.717) is 42.6 Å². The van der Waals surface area contributed by atoms with Gasteiger partial charge in [0, 0.05) is 51.5 Å². The zero-order valence-corrected chi connectivity index (χ0v) is 19.0. The van der Waals surface area contributed by atoms with Crippen molar-refractivity contribution in [1.82, 2.24) is 9.21 Å². The molecule has 0 radical (unpaired) electrons. The van der Waals surface area contributed by atoms with Crippen molar-refractivity contribution in [1.29, 1.82) is 0 Å².